The third-order valence-corrected chi connectivity index (χ3v) is 5.06. The summed E-state index contributed by atoms with van der Waals surface area (Å²) in [5.41, 5.74) is 0.926. The smallest absolute Gasteiger partial charge is 0.308 e. The number of benzene rings is 1. The highest BCUT2D eigenvalue weighted by Crippen LogP contribution is 2.24. The third kappa shape index (κ3) is 6.46. The molecule has 1 aromatic carbocycles. The Bertz CT molecular complexity index is 600. The molecule has 0 radical (unpaired) electrons. The summed E-state index contributed by atoms with van der Waals surface area (Å²) in [5, 5.41) is 4.67. The van der Waals surface area contributed by atoms with Crippen molar-refractivity contribution in [2.24, 2.45) is 10.9 Å². The minimum absolute atomic E-state index is 0. The molecule has 1 aromatic rings. The van der Waals surface area contributed by atoms with Gasteiger partial charge in [-0.15, -0.1) is 24.0 Å². The van der Waals surface area contributed by atoms with Crippen molar-refractivity contribution >= 4 is 59.1 Å². The highest BCUT2D eigenvalue weighted by atomic mass is 127. The van der Waals surface area contributed by atoms with E-state index in [-0.39, 0.29) is 35.9 Å². The van der Waals surface area contributed by atoms with Gasteiger partial charge in [-0.3, -0.25) is 9.79 Å². The lowest BCUT2D eigenvalue weighted by Gasteiger charge is -2.33. The van der Waals surface area contributed by atoms with Crippen LogP contribution in [0, 0.1) is 5.92 Å². The number of nitrogens with zero attached hydrogens (tertiary/aromatic N) is 2. The lowest BCUT2D eigenvalue weighted by molar-refractivity contribution is -0.146. The van der Waals surface area contributed by atoms with Crippen molar-refractivity contribution in [2.45, 2.75) is 26.2 Å². The van der Waals surface area contributed by atoms with Crippen LogP contribution in [0.15, 0.2) is 23.2 Å². The number of ether oxygens (including phenoxy) is 1. The number of rotatable bonds is 5. The second-order valence-corrected chi connectivity index (χ2v) is 6.78. The molecule has 0 aliphatic carbocycles. The first kappa shape index (κ1) is 23.3. The summed E-state index contributed by atoms with van der Waals surface area (Å²) >= 11 is 12.4. The van der Waals surface area contributed by atoms with E-state index in [1.54, 1.807) is 0 Å². The van der Waals surface area contributed by atoms with Gasteiger partial charge in [-0.1, -0.05) is 29.3 Å². The fourth-order valence-corrected chi connectivity index (χ4v) is 3.55. The Hall–Kier alpha value is -0.730. The van der Waals surface area contributed by atoms with Gasteiger partial charge in [0.1, 0.15) is 0 Å². The number of esters is 1. The van der Waals surface area contributed by atoms with E-state index in [4.69, 9.17) is 32.9 Å². The number of hydrogen-bond donors (Lipinski definition) is 1. The first-order valence-corrected chi connectivity index (χ1v) is 9.36. The van der Waals surface area contributed by atoms with Crippen molar-refractivity contribution in [1.82, 2.24) is 10.2 Å². The van der Waals surface area contributed by atoms with E-state index >= 15 is 0 Å². The standard InChI is InChI=1S/C18H25Cl2N3O2.HI/c1-3-21-18(23-11-8-13(9-12-23)17(24)25-2)22-10-7-14-15(19)5-4-6-16(14)20;/h4-6,13H,3,7-12H2,1-2H3,(H,21,22);1H. The van der Waals surface area contributed by atoms with E-state index in [9.17, 15) is 4.79 Å². The van der Waals surface area contributed by atoms with Crippen LogP contribution in [-0.4, -0.2) is 50.1 Å². The zero-order chi connectivity index (χ0) is 18.2. The number of carbonyl (C=O) groups is 1. The van der Waals surface area contributed by atoms with Gasteiger partial charge in [-0.05, 0) is 43.9 Å². The van der Waals surface area contributed by atoms with Gasteiger partial charge >= 0.3 is 5.97 Å². The fourth-order valence-electron chi connectivity index (χ4n) is 2.96. The van der Waals surface area contributed by atoms with Crippen molar-refractivity contribution < 1.29 is 9.53 Å². The van der Waals surface area contributed by atoms with Crippen LogP contribution in [0.25, 0.3) is 0 Å². The lowest BCUT2D eigenvalue weighted by atomic mass is 9.97. The summed E-state index contributed by atoms with van der Waals surface area (Å²) in [6, 6.07) is 5.53. The molecule has 8 heteroatoms. The molecule has 1 aliphatic heterocycles. The summed E-state index contributed by atoms with van der Waals surface area (Å²) in [6.45, 7) is 5.02. The van der Waals surface area contributed by atoms with E-state index in [0.29, 0.717) is 23.0 Å². The Morgan fingerprint density at radius 2 is 1.92 bits per heavy atom. The molecular formula is C18H26Cl2IN3O2. The number of piperidine rings is 1. The van der Waals surface area contributed by atoms with Crippen molar-refractivity contribution in [1.29, 1.82) is 0 Å². The second-order valence-electron chi connectivity index (χ2n) is 5.97. The summed E-state index contributed by atoms with van der Waals surface area (Å²) < 4.78 is 4.84. The maximum atomic E-state index is 11.7. The normalized spacial score (nSPS) is 15.4. The molecule has 1 aliphatic rings. The largest absolute Gasteiger partial charge is 0.469 e. The molecule has 146 valence electrons. The van der Waals surface area contributed by atoms with Crippen LogP contribution in [0.2, 0.25) is 10.0 Å². The minimum atomic E-state index is -0.116. The van der Waals surface area contributed by atoms with Crippen LogP contribution >= 0.6 is 47.2 Å². The Balaban J connectivity index is 0.00000338. The van der Waals surface area contributed by atoms with Crippen LogP contribution in [0.3, 0.4) is 0 Å². The Morgan fingerprint density at radius 1 is 1.31 bits per heavy atom. The number of hydrogen-bond acceptors (Lipinski definition) is 3. The molecule has 1 N–H and O–H groups in total. The molecule has 0 atom stereocenters. The zero-order valence-electron chi connectivity index (χ0n) is 15.1. The highest BCUT2D eigenvalue weighted by molar-refractivity contribution is 14.0. The van der Waals surface area contributed by atoms with E-state index in [1.165, 1.54) is 7.11 Å². The molecule has 5 nitrogen and oxygen atoms in total. The van der Waals surface area contributed by atoms with Crippen LogP contribution in [0.4, 0.5) is 0 Å². The number of aliphatic imine (C=N–C) groups is 1. The molecule has 0 bridgehead atoms. The summed E-state index contributed by atoms with van der Waals surface area (Å²) in [7, 11) is 1.44. The van der Waals surface area contributed by atoms with Crippen LogP contribution in [0.5, 0.6) is 0 Å². The number of likely N-dealkylation sites (tertiary alicyclic amines) is 1. The quantitative estimate of drug-likeness (QED) is 0.280. The Labute approximate surface area is 182 Å². The molecule has 2 rings (SSSR count). The van der Waals surface area contributed by atoms with Gasteiger partial charge in [0.05, 0.1) is 13.0 Å². The molecular weight excluding hydrogens is 488 g/mol. The number of guanidine groups is 1. The minimum Gasteiger partial charge on any atom is -0.469 e. The van der Waals surface area contributed by atoms with E-state index in [2.05, 4.69) is 10.2 Å². The molecule has 0 spiro atoms. The van der Waals surface area contributed by atoms with E-state index < -0.39 is 0 Å². The van der Waals surface area contributed by atoms with Gasteiger partial charge in [0, 0.05) is 36.2 Å². The molecule has 0 aromatic heterocycles. The van der Waals surface area contributed by atoms with Gasteiger partial charge in [0.25, 0.3) is 0 Å². The molecule has 1 saturated heterocycles. The van der Waals surface area contributed by atoms with Gasteiger partial charge in [-0.2, -0.15) is 0 Å². The predicted molar refractivity (Wildman–Crippen MR) is 118 cm³/mol. The van der Waals surface area contributed by atoms with Crippen LogP contribution in [-0.2, 0) is 16.0 Å². The second kappa shape index (κ2) is 11.9. The van der Waals surface area contributed by atoms with Gasteiger partial charge < -0.3 is 15.0 Å². The Kier molecular flexibility index (Phi) is 10.6. The number of halogens is 3. The third-order valence-electron chi connectivity index (χ3n) is 4.35. The topological polar surface area (TPSA) is 53.9 Å². The van der Waals surface area contributed by atoms with E-state index in [1.807, 2.05) is 25.1 Å². The van der Waals surface area contributed by atoms with Gasteiger partial charge in [0.15, 0.2) is 5.96 Å². The lowest BCUT2D eigenvalue weighted by Crippen LogP contribution is -2.46. The van der Waals surface area contributed by atoms with Crippen LogP contribution in [0.1, 0.15) is 25.3 Å². The fraction of sp³-hybridized carbons (Fsp3) is 0.556. The molecule has 0 unspecified atom stereocenters. The Morgan fingerprint density at radius 3 is 2.46 bits per heavy atom. The number of methoxy groups -OCH3 is 1. The molecule has 1 heterocycles. The maximum absolute atomic E-state index is 11.7. The van der Waals surface area contributed by atoms with Crippen molar-refractivity contribution in [2.75, 3.05) is 33.3 Å². The number of nitrogens with one attached hydrogen (secondary N) is 1. The highest BCUT2D eigenvalue weighted by Gasteiger charge is 2.26. The first-order chi connectivity index (χ1) is 12.1. The summed E-state index contributed by atoms with van der Waals surface area (Å²) in [4.78, 5) is 18.5. The van der Waals surface area contributed by atoms with Gasteiger partial charge in [0.2, 0.25) is 0 Å². The van der Waals surface area contributed by atoms with Crippen molar-refractivity contribution in [3.05, 3.63) is 33.8 Å². The van der Waals surface area contributed by atoms with E-state index in [0.717, 1.165) is 44.0 Å². The first-order valence-electron chi connectivity index (χ1n) is 8.60. The summed E-state index contributed by atoms with van der Waals surface area (Å²) in [5.74, 6) is 0.745. The number of carbonyl (C=O) groups excluding carboxylic acids is 1. The molecule has 0 amide bonds. The average molecular weight is 514 g/mol. The zero-order valence-corrected chi connectivity index (χ0v) is 19.0. The SMILES string of the molecule is CCNC(=NCCc1c(Cl)cccc1Cl)N1CCC(C(=O)OC)CC1.I. The van der Waals surface area contributed by atoms with Crippen LogP contribution < -0.4 is 5.32 Å². The predicted octanol–water partition coefficient (Wildman–Crippen LogP) is 4.00. The van der Waals surface area contributed by atoms with Crippen molar-refractivity contribution in [3.63, 3.8) is 0 Å². The monoisotopic (exact) mass is 513 g/mol. The molecule has 26 heavy (non-hydrogen) atoms. The maximum Gasteiger partial charge on any atom is 0.308 e. The van der Waals surface area contributed by atoms with Gasteiger partial charge in [-0.25, -0.2) is 0 Å². The molecule has 1 fully saturated rings. The average Bonchev–Trinajstić information content (AvgIpc) is 2.63. The van der Waals surface area contributed by atoms with Crippen molar-refractivity contribution in [3.8, 4) is 0 Å². The summed E-state index contributed by atoms with van der Waals surface area (Å²) in [6.07, 6.45) is 2.26. The molecule has 0 saturated carbocycles.